The van der Waals surface area contributed by atoms with E-state index in [1.54, 1.807) is 65.9 Å². The van der Waals surface area contributed by atoms with Gasteiger partial charge in [0.05, 0.1) is 7.11 Å². The van der Waals surface area contributed by atoms with Crippen LogP contribution in [-0.4, -0.2) is 47.1 Å². The Balaban J connectivity index is 0.00000480. The van der Waals surface area contributed by atoms with E-state index in [1.165, 1.54) is 11.7 Å². The number of aromatic nitrogens is 1. The number of hydrogen-bond donors (Lipinski definition) is 1. The Kier molecular flexibility index (Phi) is 8.80. The van der Waals surface area contributed by atoms with Gasteiger partial charge in [-0.05, 0) is 59.7 Å². The standard InChI is InChI=1S/C22H29N2O6.Li/c1-21(2,3)29-19(26)23-16(18(25)28-7)12-14-13-24(20(27)30-22(4,5)6)17-11-9-8-10-15(14)17;/h8-9,11,13,16H,12H2,1-7H3,(H,23,26);/q-1;+1/t16-;/m0./s1. The van der Waals surface area contributed by atoms with Gasteiger partial charge in [0, 0.05) is 0 Å². The number of ether oxygens (including phenoxy) is 3. The number of carbonyl (C=O) groups excluding carboxylic acids is 3. The predicted molar refractivity (Wildman–Crippen MR) is 111 cm³/mol. The van der Waals surface area contributed by atoms with Gasteiger partial charge in [0.15, 0.2) is 0 Å². The topological polar surface area (TPSA) is 95.9 Å². The van der Waals surface area contributed by atoms with Crippen molar-refractivity contribution in [3.05, 3.63) is 36.0 Å². The molecule has 1 aromatic heterocycles. The van der Waals surface area contributed by atoms with E-state index in [2.05, 4.69) is 11.4 Å². The van der Waals surface area contributed by atoms with Gasteiger partial charge in [-0.3, -0.25) is 0 Å². The molecule has 1 heterocycles. The van der Waals surface area contributed by atoms with Crippen LogP contribution in [0.25, 0.3) is 10.9 Å². The number of amides is 1. The summed E-state index contributed by atoms with van der Waals surface area (Å²) in [6, 6.07) is 7.30. The summed E-state index contributed by atoms with van der Waals surface area (Å²) in [6.45, 7) is 10.5. The second-order valence-electron chi connectivity index (χ2n) is 8.86. The third-order valence-corrected chi connectivity index (χ3v) is 3.89. The van der Waals surface area contributed by atoms with E-state index < -0.39 is 35.4 Å². The number of methoxy groups -OCH3 is 1. The van der Waals surface area contributed by atoms with Crippen molar-refractivity contribution in [1.29, 1.82) is 0 Å². The molecule has 0 radical (unpaired) electrons. The average Bonchev–Trinajstić information content (AvgIpc) is 2.96. The Morgan fingerprint density at radius 2 is 1.71 bits per heavy atom. The average molecular weight is 424 g/mol. The molecule has 0 aliphatic rings. The Morgan fingerprint density at radius 1 is 1.10 bits per heavy atom. The fraction of sp³-hybridized carbons (Fsp3) is 0.500. The van der Waals surface area contributed by atoms with Crippen LogP contribution in [0.5, 0.6) is 0 Å². The van der Waals surface area contributed by atoms with Gasteiger partial charge in [0.1, 0.15) is 17.2 Å². The van der Waals surface area contributed by atoms with Crippen molar-refractivity contribution < 1.29 is 47.5 Å². The van der Waals surface area contributed by atoms with Crippen LogP contribution in [0.1, 0.15) is 47.1 Å². The molecule has 0 spiro atoms. The zero-order valence-electron chi connectivity index (χ0n) is 19.5. The molecule has 0 aliphatic carbocycles. The van der Waals surface area contributed by atoms with Crippen molar-refractivity contribution in [3.8, 4) is 0 Å². The molecule has 0 fully saturated rings. The zero-order chi connectivity index (χ0) is 22.7. The molecular formula is C22H29LiN2O6. The Hall–Kier alpha value is -2.43. The first-order valence-corrected chi connectivity index (χ1v) is 9.62. The summed E-state index contributed by atoms with van der Waals surface area (Å²) in [5, 5.41) is 3.18. The molecule has 8 nitrogen and oxygen atoms in total. The van der Waals surface area contributed by atoms with E-state index in [1.807, 2.05) is 0 Å². The van der Waals surface area contributed by atoms with Crippen LogP contribution in [0.2, 0.25) is 0 Å². The number of fused-ring (bicyclic) bond motifs is 1. The van der Waals surface area contributed by atoms with E-state index in [0.717, 1.165) is 0 Å². The monoisotopic (exact) mass is 424 g/mol. The van der Waals surface area contributed by atoms with Gasteiger partial charge in [-0.25, -0.2) is 14.4 Å². The molecule has 0 bridgehead atoms. The molecule has 9 heteroatoms. The van der Waals surface area contributed by atoms with Gasteiger partial charge >= 0.3 is 37.0 Å². The smallest absolute Gasteiger partial charge is 0.467 e. The summed E-state index contributed by atoms with van der Waals surface area (Å²) in [5.74, 6) is -0.630. The molecule has 164 valence electrons. The van der Waals surface area contributed by atoms with Crippen molar-refractivity contribution in [2.75, 3.05) is 7.11 Å². The molecule has 1 amide bonds. The number of carbonyl (C=O) groups is 3. The minimum atomic E-state index is -1.00. The molecule has 2 rings (SSSR count). The molecule has 0 aliphatic heterocycles. The molecule has 0 unspecified atom stereocenters. The van der Waals surface area contributed by atoms with Crippen LogP contribution in [0.15, 0.2) is 24.4 Å². The number of esters is 1. The molecule has 1 N–H and O–H groups in total. The second-order valence-corrected chi connectivity index (χ2v) is 8.86. The maximum absolute atomic E-state index is 12.6. The van der Waals surface area contributed by atoms with E-state index in [4.69, 9.17) is 14.2 Å². The van der Waals surface area contributed by atoms with Gasteiger partial charge in [0.2, 0.25) is 0 Å². The van der Waals surface area contributed by atoms with E-state index >= 15 is 0 Å². The SMILES string of the molecule is COC(=O)[C@H](Cc1cn(C(=O)OC(C)(C)C)c2ccc[c-]c12)NC(=O)OC(C)(C)C.[Li+]. The first-order chi connectivity index (χ1) is 13.8. The molecular weight excluding hydrogens is 395 g/mol. The van der Waals surface area contributed by atoms with E-state index in [9.17, 15) is 14.4 Å². The summed E-state index contributed by atoms with van der Waals surface area (Å²) in [6.07, 6.45) is 0.381. The third-order valence-electron chi connectivity index (χ3n) is 3.89. The minimum absolute atomic E-state index is 0. The Labute approximate surface area is 194 Å². The van der Waals surface area contributed by atoms with Crippen LogP contribution in [0.4, 0.5) is 9.59 Å². The number of benzene rings is 1. The molecule has 0 saturated carbocycles. The van der Waals surface area contributed by atoms with E-state index in [0.29, 0.717) is 16.5 Å². The van der Waals surface area contributed by atoms with Crippen LogP contribution in [0.3, 0.4) is 0 Å². The van der Waals surface area contributed by atoms with E-state index in [-0.39, 0.29) is 25.3 Å². The minimum Gasteiger partial charge on any atom is -0.467 e. The van der Waals surface area contributed by atoms with Crippen molar-refractivity contribution in [3.63, 3.8) is 0 Å². The van der Waals surface area contributed by atoms with Gasteiger partial charge < -0.3 is 24.1 Å². The summed E-state index contributed by atoms with van der Waals surface area (Å²) in [7, 11) is 1.24. The van der Waals surface area contributed by atoms with Crippen LogP contribution >= 0.6 is 0 Å². The normalized spacial score (nSPS) is 12.5. The van der Waals surface area contributed by atoms with Crippen molar-refractivity contribution in [2.24, 2.45) is 0 Å². The predicted octanol–water partition coefficient (Wildman–Crippen LogP) is 0.837. The van der Waals surface area contributed by atoms with Gasteiger partial charge in [-0.2, -0.15) is 0 Å². The van der Waals surface area contributed by atoms with Crippen LogP contribution < -0.4 is 24.2 Å². The summed E-state index contributed by atoms with van der Waals surface area (Å²) >= 11 is 0. The van der Waals surface area contributed by atoms with Gasteiger partial charge in [-0.15, -0.1) is 35.2 Å². The quantitative estimate of drug-likeness (QED) is 0.338. The number of rotatable bonds is 4. The van der Waals surface area contributed by atoms with Crippen LogP contribution in [-0.2, 0) is 25.4 Å². The molecule has 1 atom stereocenters. The summed E-state index contributed by atoms with van der Waals surface area (Å²) in [4.78, 5) is 37.1. The number of hydrogen-bond acceptors (Lipinski definition) is 6. The van der Waals surface area contributed by atoms with Gasteiger partial charge in [-0.1, -0.05) is 0 Å². The molecule has 1 aromatic carbocycles. The van der Waals surface area contributed by atoms with Crippen molar-refractivity contribution >= 4 is 29.1 Å². The maximum atomic E-state index is 12.6. The second kappa shape index (κ2) is 10.3. The fourth-order valence-electron chi connectivity index (χ4n) is 2.80. The Morgan fingerprint density at radius 3 is 2.26 bits per heavy atom. The largest absolute Gasteiger partial charge is 1.00 e. The molecule has 31 heavy (non-hydrogen) atoms. The molecule has 2 aromatic rings. The first kappa shape index (κ1) is 26.6. The first-order valence-electron chi connectivity index (χ1n) is 9.62. The van der Waals surface area contributed by atoms with Crippen molar-refractivity contribution in [2.45, 2.75) is 65.2 Å². The number of nitrogens with one attached hydrogen (secondary N) is 1. The number of nitrogens with zero attached hydrogens (tertiary/aromatic N) is 1. The number of alkyl carbamates (subject to hydrolysis) is 1. The third kappa shape index (κ3) is 7.64. The zero-order valence-corrected chi connectivity index (χ0v) is 19.5. The van der Waals surface area contributed by atoms with Crippen LogP contribution in [0, 0.1) is 6.07 Å². The summed E-state index contributed by atoms with van der Waals surface area (Å²) in [5.41, 5.74) is -0.171. The Bertz CT molecular complexity index is 940. The summed E-state index contributed by atoms with van der Waals surface area (Å²) < 4.78 is 16.9. The fourth-order valence-corrected chi connectivity index (χ4v) is 2.80. The van der Waals surface area contributed by atoms with Crippen molar-refractivity contribution in [1.82, 2.24) is 9.88 Å². The van der Waals surface area contributed by atoms with Gasteiger partial charge in [0.25, 0.3) is 0 Å². The maximum Gasteiger partial charge on any atom is 1.00 e. The molecule has 0 saturated heterocycles.